The average Bonchev–Trinajstić information content (AvgIpc) is 3.13. The molecule has 2 atom stereocenters. The number of carbonyl (C=O) groups is 3. The Hall–Kier alpha value is -1.37. The van der Waals surface area contributed by atoms with Gasteiger partial charge in [0.2, 0.25) is 0 Å². The highest BCUT2D eigenvalue weighted by molar-refractivity contribution is 6.01. The molecule has 0 aromatic carbocycles. The molecular weight excluding hydrogens is 636 g/mol. The molecule has 0 heterocycles. The Labute approximate surface area is 315 Å². The molecule has 6 nitrogen and oxygen atoms in total. The fourth-order valence-electron chi connectivity index (χ4n) is 7.00. The summed E-state index contributed by atoms with van der Waals surface area (Å²) >= 11 is 0. The Morgan fingerprint density at radius 2 is 0.667 bits per heavy atom. The van der Waals surface area contributed by atoms with Gasteiger partial charge in [-0.25, -0.2) is 0 Å². The van der Waals surface area contributed by atoms with Gasteiger partial charge in [0.15, 0.2) is 35.2 Å². The Morgan fingerprint density at radius 1 is 0.412 bits per heavy atom. The van der Waals surface area contributed by atoms with Crippen LogP contribution in [0.4, 0.5) is 0 Å². The summed E-state index contributed by atoms with van der Waals surface area (Å²) in [6.45, 7) is 6.64. The summed E-state index contributed by atoms with van der Waals surface area (Å²) in [5.41, 5.74) is -2.80. The zero-order valence-corrected chi connectivity index (χ0v) is 33.9. The molecule has 0 aromatic heterocycles. The highest BCUT2D eigenvalue weighted by Crippen LogP contribution is 2.26. The number of allylic oxidation sites excluding steroid dienone is 2. The number of hydrogen-bond donors (Lipinski definition) is 3. The molecule has 0 aliphatic rings. The van der Waals surface area contributed by atoms with Gasteiger partial charge in [0.25, 0.3) is 0 Å². The SMILES string of the molecule is CCCCCCCC/C=C\CCCCCCCC(=O)C(O)(C(O)C(=O)CCCCCCCCCCC)C(O)C(=O)CCCCCCCCCCC. The number of aliphatic hydroxyl groups excluding tert-OH is 2. The predicted molar refractivity (Wildman–Crippen MR) is 215 cm³/mol. The van der Waals surface area contributed by atoms with Crippen LogP contribution in [-0.2, 0) is 14.4 Å². The lowest BCUT2D eigenvalue weighted by atomic mass is 9.78. The van der Waals surface area contributed by atoms with E-state index in [1.54, 1.807) is 0 Å². The lowest BCUT2D eigenvalue weighted by molar-refractivity contribution is -0.181. The first-order valence-electron chi connectivity index (χ1n) is 22.1. The van der Waals surface area contributed by atoms with E-state index in [4.69, 9.17) is 0 Å². The second-order valence-electron chi connectivity index (χ2n) is 15.5. The zero-order valence-electron chi connectivity index (χ0n) is 33.9. The number of ketones is 3. The lowest BCUT2D eigenvalue weighted by Crippen LogP contribution is -2.63. The molecule has 3 N–H and O–H groups in total. The molecule has 0 fully saturated rings. The van der Waals surface area contributed by atoms with Crippen molar-refractivity contribution in [1.82, 2.24) is 0 Å². The molecule has 0 radical (unpaired) electrons. The molecule has 0 saturated heterocycles. The van der Waals surface area contributed by atoms with E-state index >= 15 is 0 Å². The maximum atomic E-state index is 13.5. The number of carbonyl (C=O) groups excluding carboxylic acids is 3. The third kappa shape index (κ3) is 26.1. The summed E-state index contributed by atoms with van der Waals surface area (Å²) in [6, 6.07) is 0. The van der Waals surface area contributed by atoms with E-state index in [-0.39, 0.29) is 19.3 Å². The van der Waals surface area contributed by atoms with E-state index in [1.165, 1.54) is 103 Å². The van der Waals surface area contributed by atoms with E-state index in [2.05, 4.69) is 32.9 Å². The molecule has 51 heavy (non-hydrogen) atoms. The van der Waals surface area contributed by atoms with Gasteiger partial charge in [0, 0.05) is 19.3 Å². The van der Waals surface area contributed by atoms with E-state index < -0.39 is 35.2 Å². The summed E-state index contributed by atoms with van der Waals surface area (Å²) in [7, 11) is 0. The van der Waals surface area contributed by atoms with Gasteiger partial charge in [-0.2, -0.15) is 0 Å². The lowest BCUT2D eigenvalue weighted by Gasteiger charge is -2.34. The van der Waals surface area contributed by atoms with Crippen molar-refractivity contribution in [2.45, 2.75) is 257 Å². The molecule has 0 aromatic rings. The maximum Gasteiger partial charge on any atom is 0.189 e. The number of unbranched alkanes of at least 4 members (excludes halogenated alkanes) is 27. The van der Waals surface area contributed by atoms with Crippen LogP contribution in [0.1, 0.15) is 239 Å². The molecule has 0 aliphatic carbocycles. The van der Waals surface area contributed by atoms with Crippen LogP contribution in [0.25, 0.3) is 0 Å². The van der Waals surface area contributed by atoms with Crippen LogP contribution in [-0.4, -0.2) is 50.5 Å². The van der Waals surface area contributed by atoms with Crippen LogP contribution in [0.3, 0.4) is 0 Å². The van der Waals surface area contributed by atoms with Gasteiger partial charge >= 0.3 is 0 Å². The molecule has 0 aliphatic heterocycles. The quantitative estimate of drug-likeness (QED) is 0.0429. The fourth-order valence-corrected chi connectivity index (χ4v) is 7.00. The first-order valence-corrected chi connectivity index (χ1v) is 22.1. The van der Waals surface area contributed by atoms with Crippen molar-refractivity contribution >= 4 is 17.3 Å². The first kappa shape index (κ1) is 49.6. The highest BCUT2D eigenvalue weighted by atomic mass is 16.4. The molecule has 300 valence electrons. The van der Waals surface area contributed by atoms with Crippen molar-refractivity contribution in [2.24, 2.45) is 0 Å². The molecule has 6 heteroatoms. The molecule has 0 rings (SSSR count). The van der Waals surface area contributed by atoms with Crippen LogP contribution in [0.5, 0.6) is 0 Å². The molecule has 2 unspecified atom stereocenters. The van der Waals surface area contributed by atoms with E-state index in [9.17, 15) is 29.7 Å². The minimum absolute atomic E-state index is 0.0131. The van der Waals surface area contributed by atoms with Crippen molar-refractivity contribution in [3.05, 3.63) is 12.2 Å². The Morgan fingerprint density at radius 3 is 0.980 bits per heavy atom. The maximum absolute atomic E-state index is 13.5. The van der Waals surface area contributed by atoms with E-state index in [0.29, 0.717) is 19.3 Å². The molecule has 0 spiro atoms. The summed E-state index contributed by atoms with van der Waals surface area (Å²) < 4.78 is 0. The zero-order chi connectivity index (χ0) is 37.8. The molecule has 0 bridgehead atoms. The van der Waals surface area contributed by atoms with Crippen molar-refractivity contribution in [3.63, 3.8) is 0 Å². The van der Waals surface area contributed by atoms with Gasteiger partial charge in [-0.05, 0) is 44.9 Å². The summed E-state index contributed by atoms with van der Waals surface area (Å²) in [5, 5.41) is 33.7. The Bertz CT molecular complexity index is 812. The van der Waals surface area contributed by atoms with Crippen molar-refractivity contribution in [3.8, 4) is 0 Å². The predicted octanol–water partition coefficient (Wildman–Crippen LogP) is 12.0. The summed E-state index contributed by atoms with van der Waals surface area (Å²) in [6.07, 6.45) is 33.9. The third-order valence-electron chi connectivity index (χ3n) is 10.6. The van der Waals surface area contributed by atoms with Gasteiger partial charge in [0.1, 0.15) is 0 Å². The summed E-state index contributed by atoms with van der Waals surface area (Å²) in [4.78, 5) is 39.6. The standard InChI is InChI=1S/C45H84O6/c1-4-7-10-13-16-19-20-21-22-23-24-27-30-33-36-39-42(48)45(51,43(49)40(46)37-34-31-28-25-17-14-11-8-5-2)44(50)41(47)38-35-32-29-26-18-15-12-9-6-3/h21-22,43-44,49-51H,4-20,23-39H2,1-3H3/b22-21-. The third-order valence-corrected chi connectivity index (χ3v) is 10.6. The Balaban J connectivity index is 4.84. The van der Waals surface area contributed by atoms with Crippen molar-refractivity contribution < 1.29 is 29.7 Å². The number of Topliss-reactive ketones (excluding diaryl/α,β-unsaturated/α-hetero) is 3. The van der Waals surface area contributed by atoms with Crippen LogP contribution in [0, 0.1) is 0 Å². The van der Waals surface area contributed by atoms with Crippen LogP contribution < -0.4 is 0 Å². The largest absolute Gasteiger partial charge is 0.382 e. The molecular formula is C45H84O6. The monoisotopic (exact) mass is 721 g/mol. The summed E-state index contributed by atoms with van der Waals surface area (Å²) in [5.74, 6) is -2.15. The topological polar surface area (TPSA) is 112 Å². The van der Waals surface area contributed by atoms with Gasteiger partial charge in [-0.15, -0.1) is 0 Å². The van der Waals surface area contributed by atoms with Crippen molar-refractivity contribution in [1.29, 1.82) is 0 Å². The van der Waals surface area contributed by atoms with Crippen LogP contribution in [0.2, 0.25) is 0 Å². The second kappa shape index (κ2) is 35.6. The minimum atomic E-state index is -2.80. The fraction of sp³-hybridized carbons (Fsp3) is 0.889. The van der Waals surface area contributed by atoms with E-state index in [1.807, 2.05) is 0 Å². The second-order valence-corrected chi connectivity index (χ2v) is 15.5. The average molecular weight is 721 g/mol. The van der Waals surface area contributed by atoms with Gasteiger partial charge in [0.05, 0.1) is 0 Å². The van der Waals surface area contributed by atoms with Gasteiger partial charge in [-0.1, -0.05) is 187 Å². The Kier molecular flexibility index (Phi) is 34.7. The highest BCUT2D eigenvalue weighted by Gasteiger charge is 2.53. The van der Waals surface area contributed by atoms with E-state index in [0.717, 1.165) is 77.0 Å². The van der Waals surface area contributed by atoms with Crippen LogP contribution >= 0.6 is 0 Å². The first-order chi connectivity index (χ1) is 24.8. The number of rotatable bonds is 40. The molecule has 0 amide bonds. The van der Waals surface area contributed by atoms with Crippen LogP contribution in [0.15, 0.2) is 12.2 Å². The van der Waals surface area contributed by atoms with Gasteiger partial charge < -0.3 is 15.3 Å². The normalized spacial score (nSPS) is 14.2. The molecule has 0 saturated carbocycles. The van der Waals surface area contributed by atoms with Crippen molar-refractivity contribution in [2.75, 3.05) is 0 Å². The smallest absolute Gasteiger partial charge is 0.189 e. The number of aliphatic hydroxyl groups is 3. The number of hydrogen-bond acceptors (Lipinski definition) is 6. The minimum Gasteiger partial charge on any atom is -0.382 e. The van der Waals surface area contributed by atoms with Gasteiger partial charge in [-0.3, -0.25) is 14.4 Å².